The molecule has 14 heteroatoms. The van der Waals surface area contributed by atoms with E-state index in [1.807, 2.05) is 0 Å². The van der Waals surface area contributed by atoms with Gasteiger partial charge in [-0.3, -0.25) is 9.69 Å². The van der Waals surface area contributed by atoms with Gasteiger partial charge in [-0.05, 0) is 65.8 Å². The molecule has 0 aromatic heterocycles. The van der Waals surface area contributed by atoms with Gasteiger partial charge in [-0.1, -0.05) is 56.7 Å². The quantitative estimate of drug-likeness (QED) is 0.130. The zero-order valence-electron chi connectivity index (χ0n) is 25.4. The number of hydrogen-bond acceptors (Lipinski definition) is 6. The molecule has 8 nitrogen and oxygen atoms in total. The number of rotatable bonds is 11. The van der Waals surface area contributed by atoms with Crippen molar-refractivity contribution in [1.82, 2.24) is 10.2 Å². The lowest BCUT2D eigenvalue weighted by Crippen LogP contribution is -2.53. The summed E-state index contributed by atoms with van der Waals surface area (Å²) in [5.74, 6) is 1.07. The lowest BCUT2D eigenvalue weighted by atomic mass is 9.87. The summed E-state index contributed by atoms with van der Waals surface area (Å²) in [7, 11) is 0. The molecule has 0 spiro atoms. The summed E-state index contributed by atoms with van der Waals surface area (Å²) < 4.78 is 97.3. The predicted octanol–water partition coefficient (Wildman–Crippen LogP) is 6.97. The summed E-state index contributed by atoms with van der Waals surface area (Å²) in [5, 5.41) is 12.7. The standard InChI is InChI=1S/C33H32F6N2O6/c1-3-6-21-17-23(31(44,32(34,35)36)33(37,38)39)9-13-25(21)20-7-11-24(12-8-20)45-16-5-15-41-28(42)30(4-2,40-29(41)43)22-10-14-26-27(18-22)47-19-46-26/h7-14,17-18,44H,3-6,15-16,19H2,1-2H3,(H,40,43). The minimum Gasteiger partial charge on any atom is -0.494 e. The number of amides is 3. The molecule has 0 radical (unpaired) electrons. The molecule has 2 aliphatic rings. The highest BCUT2D eigenvalue weighted by Gasteiger charge is 2.71. The van der Waals surface area contributed by atoms with E-state index in [4.69, 9.17) is 14.2 Å². The molecule has 0 aliphatic carbocycles. The van der Waals surface area contributed by atoms with Crippen molar-refractivity contribution in [3.05, 3.63) is 77.4 Å². The third kappa shape index (κ3) is 6.06. The highest BCUT2D eigenvalue weighted by Crippen LogP contribution is 2.50. The van der Waals surface area contributed by atoms with Crippen LogP contribution in [0, 0.1) is 0 Å². The number of nitrogens with one attached hydrogen (secondary N) is 1. The van der Waals surface area contributed by atoms with Gasteiger partial charge in [-0.25, -0.2) is 4.79 Å². The maximum atomic E-state index is 13.5. The minimum absolute atomic E-state index is 0.0714. The number of halogens is 6. The minimum atomic E-state index is -5.98. The van der Waals surface area contributed by atoms with Crippen molar-refractivity contribution in [2.75, 3.05) is 19.9 Å². The summed E-state index contributed by atoms with van der Waals surface area (Å²) >= 11 is 0. The zero-order valence-corrected chi connectivity index (χ0v) is 25.4. The number of carbonyl (C=O) groups excluding carboxylic acids is 2. The summed E-state index contributed by atoms with van der Waals surface area (Å²) in [6.45, 7) is 3.82. The Hall–Kier alpha value is -4.46. The van der Waals surface area contributed by atoms with Crippen molar-refractivity contribution in [2.24, 2.45) is 0 Å². The second kappa shape index (κ2) is 12.6. The number of benzene rings is 3. The van der Waals surface area contributed by atoms with E-state index in [0.717, 1.165) is 17.0 Å². The van der Waals surface area contributed by atoms with Crippen LogP contribution in [0.15, 0.2) is 60.7 Å². The van der Waals surface area contributed by atoms with Crippen molar-refractivity contribution in [2.45, 2.75) is 63.0 Å². The van der Waals surface area contributed by atoms with Crippen LogP contribution in [-0.4, -0.2) is 54.2 Å². The third-order valence-corrected chi connectivity index (χ3v) is 8.39. The first-order chi connectivity index (χ1) is 22.2. The molecular weight excluding hydrogens is 634 g/mol. The highest BCUT2D eigenvalue weighted by atomic mass is 19.4. The SMILES string of the molecule is CCCc1cc(C(O)(C(F)(F)F)C(F)(F)F)ccc1-c1ccc(OCCCN2C(=O)NC(CC)(c3ccc4c(c3)OCO4)C2=O)cc1. The Kier molecular flexibility index (Phi) is 9.10. The van der Waals surface area contributed by atoms with Gasteiger partial charge < -0.3 is 24.6 Å². The van der Waals surface area contributed by atoms with Crippen LogP contribution >= 0.6 is 0 Å². The van der Waals surface area contributed by atoms with E-state index in [1.165, 1.54) is 0 Å². The summed E-state index contributed by atoms with van der Waals surface area (Å²) in [5.41, 5.74) is -5.84. The number of ether oxygens (including phenoxy) is 3. The second-order valence-corrected chi connectivity index (χ2v) is 11.3. The first kappa shape index (κ1) is 33.9. The largest absolute Gasteiger partial charge is 0.494 e. The normalized spacial score (nSPS) is 18.1. The van der Waals surface area contributed by atoms with E-state index >= 15 is 0 Å². The molecule has 1 fully saturated rings. The predicted molar refractivity (Wildman–Crippen MR) is 157 cm³/mol. The fourth-order valence-corrected chi connectivity index (χ4v) is 5.84. The van der Waals surface area contributed by atoms with Crippen LogP contribution in [0.2, 0.25) is 0 Å². The molecule has 47 heavy (non-hydrogen) atoms. The van der Waals surface area contributed by atoms with Gasteiger partial charge in [0.15, 0.2) is 11.5 Å². The summed E-state index contributed by atoms with van der Waals surface area (Å²) in [4.78, 5) is 27.4. The van der Waals surface area contributed by atoms with Crippen LogP contribution in [-0.2, 0) is 22.4 Å². The summed E-state index contributed by atoms with van der Waals surface area (Å²) in [6.07, 6.45) is -10.7. The molecule has 2 N–H and O–H groups in total. The number of fused-ring (bicyclic) bond motifs is 1. The molecule has 3 aromatic carbocycles. The Balaban J connectivity index is 1.23. The molecule has 252 valence electrons. The molecular formula is C33H32F6N2O6. The van der Waals surface area contributed by atoms with Crippen LogP contribution in [0.3, 0.4) is 0 Å². The van der Waals surface area contributed by atoms with E-state index in [9.17, 15) is 41.0 Å². The molecule has 2 heterocycles. The fourth-order valence-electron chi connectivity index (χ4n) is 5.84. The molecule has 0 bridgehead atoms. The number of nitrogens with zero attached hydrogens (tertiary/aromatic N) is 1. The maximum absolute atomic E-state index is 13.5. The maximum Gasteiger partial charge on any atom is 0.430 e. The van der Waals surface area contributed by atoms with Gasteiger partial charge in [0, 0.05) is 12.1 Å². The van der Waals surface area contributed by atoms with E-state index in [2.05, 4.69) is 5.32 Å². The molecule has 1 atom stereocenters. The zero-order chi connectivity index (χ0) is 34.2. The molecule has 3 amide bonds. The first-order valence-corrected chi connectivity index (χ1v) is 14.9. The number of aliphatic hydroxyl groups is 1. The van der Waals surface area contributed by atoms with Gasteiger partial charge in [-0.15, -0.1) is 0 Å². The van der Waals surface area contributed by atoms with Gasteiger partial charge in [0.2, 0.25) is 6.79 Å². The lowest BCUT2D eigenvalue weighted by Gasteiger charge is -2.33. The first-order valence-electron chi connectivity index (χ1n) is 14.9. The molecule has 5 rings (SSSR count). The Morgan fingerprint density at radius 1 is 0.915 bits per heavy atom. The molecule has 2 aliphatic heterocycles. The van der Waals surface area contributed by atoms with Gasteiger partial charge in [0.05, 0.1) is 6.61 Å². The van der Waals surface area contributed by atoms with Gasteiger partial charge >= 0.3 is 18.4 Å². The van der Waals surface area contributed by atoms with Crippen LogP contribution in [0.4, 0.5) is 31.1 Å². The average Bonchev–Trinajstić information content (AvgIpc) is 3.60. The number of aryl methyl sites for hydroxylation is 1. The molecule has 0 saturated carbocycles. The Bertz CT molecular complexity index is 1630. The van der Waals surface area contributed by atoms with Gasteiger partial charge in [0.1, 0.15) is 11.3 Å². The molecule has 3 aromatic rings. The Morgan fingerprint density at radius 3 is 2.23 bits per heavy atom. The van der Waals surface area contributed by atoms with E-state index in [1.54, 1.807) is 56.3 Å². The lowest BCUT2D eigenvalue weighted by molar-refractivity contribution is -0.376. The highest BCUT2D eigenvalue weighted by molar-refractivity contribution is 6.07. The van der Waals surface area contributed by atoms with Crippen molar-refractivity contribution in [3.63, 3.8) is 0 Å². The number of urea groups is 1. The average molecular weight is 667 g/mol. The van der Waals surface area contributed by atoms with Crippen LogP contribution in [0.1, 0.15) is 49.8 Å². The van der Waals surface area contributed by atoms with Crippen molar-refractivity contribution in [1.29, 1.82) is 0 Å². The topological polar surface area (TPSA) is 97.3 Å². The fraction of sp³-hybridized carbons (Fsp3) is 0.394. The summed E-state index contributed by atoms with van der Waals surface area (Å²) in [6, 6.07) is 13.5. The monoisotopic (exact) mass is 666 g/mol. The van der Waals surface area contributed by atoms with Gasteiger partial charge in [0.25, 0.3) is 11.5 Å². The van der Waals surface area contributed by atoms with Crippen molar-refractivity contribution >= 4 is 11.9 Å². The molecule has 1 saturated heterocycles. The van der Waals surface area contributed by atoms with Crippen LogP contribution in [0.25, 0.3) is 11.1 Å². The molecule has 1 unspecified atom stereocenters. The number of carbonyl (C=O) groups is 2. The van der Waals surface area contributed by atoms with Gasteiger partial charge in [-0.2, -0.15) is 26.3 Å². The second-order valence-electron chi connectivity index (χ2n) is 11.3. The van der Waals surface area contributed by atoms with Crippen molar-refractivity contribution < 1.29 is 55.2 Å². The van der Waals surface area contributed by atoms with E-state index in [0.29, 0.717) is 59.3 Å². The van der Waals surface area contributed by atoms with Crippen LogP contribution in [0.5, 0.6) is 17.2 Å². The number of alkyl halides is 6. The third-order valence-electron chi connectivity index (χ3n) is 8.39. The van der Waals surface area contributed by atoms with Crippen molar-refractivity contribution in [3.8, 4) is 28.4 Å². The number of hydrogen-bond donors (Lipinski definition) is 2. The Morgan fingerprint density at radius 2 is 1.60 bits per heavy atom. The smallest absolute Gasteiger partial charge is 0.430 e. The van der Waals surface area contributed by atoms with Crippen LogP contribution < -0.4 is 19.5 Å². The van der Waals surface area contributed by atoms with E-state index < -0.39 is 41.0 Å². The Labute approximate surface area is 266 Å². The number of imide groups is 1. The van der Waals surface area contributed by atoms with E-state index in [-0.39, 0.29) is 31.9 Å².